The Morgan fingerprint density at radius 2 is 2.13 bits per heavy atom. The fourth-order valence-corrected chi connectivity index (χ4v) is 4.08. The van der Waals surface area contributed by atoms with Gasteiger partial charge in [0, 0.05) is 30.0 Å². The number of aromatic amines is 1. The third-order valence-electron chi connectivity index (χ3n) is 5.46. The smallest absolute Gasteiger partial charge is 0.220 e. The van der Waals surface area contributed by atoms with Crippen molar-refractivity contribution in [2.45, 2.75) is 31.8 Å². The van der Waals surface area contributed by atoms with Crippen LogP contribution in [-0.2, 0) is 4.79 Å². The molecular weight excluding hydrogens is 416 g/mol. The standard InChI is InChI=1S/C21H21ClN8O/c1-11(28-21-18-20(25-9-24-18)26-10-27-21)14-7-12-3-2-4-15(22)17(12)30-19(14)23-8-13-5-6-16(31)29-13/h2-4,7,9-11,13H,5-6,8H2,1H3,(H,23,30)(H,29,31)(H2,24,25,26,27,28)/t11-,13?/m0/s1. The van der Waals surface area contributed by atoms with Gasteiger partial charge in [-0.2, -0.15) is 0 Å². The molecule has 0 bridgehead atoms. The number of hydrogen-bond acceptors (Lipinski definition) is 7. The van der Waals surface area contributed by atoms with Crippen LogP contribution < -0.4 is 16.0 Å². The molecule has 2 atom stereocenters. The van der Waals surface area contributed by atoms with Gasteiger partial charge in [0.1, 0.15) is 17.7 Å². The number of para-hydroxylation sites is 1. The maximum atomic E-state index is 11.5. The van der Waals surface area contributed by atoms with E-state index in [0.717, 1.165) is 22.9 Å². The molecule has 0 spiro atoms. The Bertz CT molecular complexity index is 1270. The maximum absolute atomic E-state index is 11.5. The van der Waals surface area contributed by atoms with Gasteiger partial charge in [0.15, 0.2) is 11.5 Å². The molecule has 1 saturated heterocycles. The summed E-state index contributed by atoms with van der Waals surface area (Å²) in [5, 5.41) is 11.4. The van der Waals surface area contributed by atoms with E-state index in [2.05, 4.69) is 42.0 Å². The monoisotopic (exact) mass is 436 g/mol. The van der Waals surface area contributed by atoms with Crippen LogP contribution in [0.4, 0.5) is 11.6 Å². The predicted molar refractivity (Wildman–Crippen MR) is 120 cm³/mol. The molecule has 158 valence electrons. The average molecular weight is 437 g/mol. The molecule has 0 aliphatic carbocycles. The number of nitrogens with zero attached hydrogens (tertiary/aromatic N) is 4. The van der Waals surface area contributed by atoms with Gasteiger partial charge in [-0.1, -0.05) is 23.7 Å². The van der Waals surface area contributed by atoms with Crippen molar-refractivity contribution in [1.29, 1.82) is 0 Å². The number of H-pyrrole nitrogens is 1. The number of hydrogen-bond donors (Lipinski definition) is 4. The minimum absolute atomic E-state index is 0.0814. The molecule has 0 radical (unpaired) electrons. The van der Waals surface area contributed by atoms with Crippen molar-refractivity contribution in [2.24, 2.45) is 0 Å². The van der Waals surface area contributed by atoms with E-state index in [1.807, 2.05) is 25.1 Å². The fraction of sp³-hybridized carbons (Fsp3) is 0.286. The van der Waals surface area contributed by atoms with E-state index in [0.29, 0.717) is 40.8 Å². The number of carbonyl (C=O) groups excluding carboxylic acids is 1. The van der Waals surface area contributed by atoms with Crippen molar-refractivity contribution in [3.8, 4) is 0 Å². The highest BCUT2D eigenvalue weighted by atomic mass is 35.5. The second-order valence-corrected chi connectivity index (χ2v) is 8.02. The highest BCUT2D eigenvalue weighted by molar-refractivity contribution is 6.35. The Morgan fingerprint density at radius 3 is 2.97 bits per heavy atom. The lowest BCUT2D eigenvalue weighted by Crippen LogP contribution is -2.32. The number of fused-ring (bicyclic) bond motifs is 2. The number of aromatic nitrogens is 5. The molecule has 1 aromatic carbocycles. The van der Waals surface area contributed by atoms with E-state index in [-0.39, 0.29) is 18.0 Å². The zero-order valence-corrected chi connectivity index (χ0v) is 17.6. The summed E-state index contributed by atoms with van der Waals surface area (Å²) >= 11 is 6.40. The van der Waals surface area contributed by atoms with Crippen molar-refractivity contribution < 1.29 is 4.79 Å². The van der Waals surface area contributed by atoms with E-state index < -0.39 is 0 Å². The fourth-order valence-electron chi connectivity index (χ4n) is 3.85. The lowest BCUT2D eigenvalue weighted by Gasteiger charge is -2.21. The molecule has 4 heterocycles. The molecule has 10 heteroatoms. The zero-order valence-electron chi connectivity index (χ0n) is 16.8. The van der Waals surface area contributed by atoms with E-state index in [9.17, 15) is 4.79 Å². The van der Waals surface area contributed by atoms with Gasteiger partial charge < -0.3 is 20.9 Å². The van der Waals surface area contributed by atoms with Crippen LogP contribution in [0.1, 0.15) is 31.4 Å². The van der Waals surface area contributed by atoms with Crippen LogP contribution in [0.25, 0.3) is 22.1 Å². The first-order valence-corrected chi connectivity index (χ1v) is 10.5. The van der Waals surface area contributed by atoms with Gasteiger partial charge >= 0.3 is 0 Å². The second kappa shape index (κ2) is 7.99. The van der Waals surface area contributed by atoms with Gasteiger partial charge in [-0.05, 0) is 25.5 Å². The lowest BCUT2D eigenvalue weighted by molar-refractivity contribution is -0.119. The van der Waals surface area contributed by atoms with Gasteiger partial charge in [0.05, 0.1) is 22.9 Å². The van der Waals surface area contributed by atoms with E-state index >= 15 is 0 Å². The summed E-state index contributed by atoms with van der Waals surface area (Å²) in [4.78, 5) is 32.2. The normalized spacial score (nSPS) is 17.1. The van der Waals surface area contributed by atoms with Gasteiger partial charge in [-0.25, -0.2) is 19.9 Å². The van der Waals surface area contributed by atoms with Crippen LogP contribution in [-0.4, -0.2) is 43.4 Å². The van der Waals surface area contributed by atoms with E-state index in [1.54, 1.807) is 6.33 Å². The molecule has 4 aromatic rings. The number of pyridine rings is 1. The maximum Gasteiger partial charge on any atom is 0.220 e. The summed E-state index contributed by atoms with van der Waals surface area (Å²) in [5.74, 6) is 1.44. The van der Waals surface area contributed by atoms with E-state index in [1.165, 1.54) is 6.33 Å². The number of nitrogens with one attached hydrogen (secondary N) is 4. The van der Waals surface area contributed by atoms with Crippen molar-refractivity contribution in [2.75, 3.05) is 17.2 Å². The number of carbonyl (C=O) groups is 1. The summed E-state index contributed by atoms with van der Waals surface area (Å²) in [6, 6.07) is 7.75. The third-order valence-corrected chi connectivity index (χ3v) is 5.77. The first kappa shape index (κ1) is 19.5. The van der Waals surface area contributed by atoms with Gasteiger partial charge in [0.2, 0.25) is 5.91 Å². The van der Waals surface area contributed by atoms with Gasteiger partial charge in [-0.3, -0.25) is 4.79 Å². The Labute approximate surface area is 183 Å². The molecule has 1 unspecified atom stereocenters. The van der Waals surface area contributed by atoms with Gasteiger partial charge in [-0.15, -0.1) is 0 Å². The average Bonchev–Trinajstić information content (AvgIpc) is 3.41. The quantitative estimate of drug-likeness (QED) is 0.365. The second-order valence-electron chi connectivity index (χ2n) is 7.61. The van der Waals surface area contributed by atoms with Crippen LogP contribution in [0.3, 0.4) is 0 Å². The van der Waals surface area contributed by atoms with Crippen LogP contribution >= 0.6 is 11.6 Å². The summed E-state index contributed by atoms with van der Waals surface area (Å²) in [6.07, 6.45) is 4.45. The van der Waals surface area contributed by atoms with Crippen LogP contribution in [0.5, 0.6) is 0 Å². The third kappa shape index (κ3) is 3.84. The molecule has 1 amide bonds. The van der Waals surface area contributed by atoms with Crippen LogP contribution in [0.15, 0.2) is 36.9 Å². The number of amides is 1. The largest absolute Gasteiger partial charge is 0.368 e. The zero-order chi connectivity index (χ0) is 21.4. The molecule has 0 saturated carbocycles. The van der Waals surface area contributed by atoms with Crippen molar-refractivity contribution in [3.05, 3.63) is 47.5 Å². The SMILES string of the molecule is C[C@H](Nc1ncnc2[nH]cnc12)c1cc2cccc(Cl)c2nc1NCC1CCC(=O)N1. The Balaban J connectivity index is 1.49. The molecule has 9 nitrogen and oxygen atoms in total. The summed E-state index contributed by atoms with van der Waals surface area (Å²) in [5.41, 5.74) is 3.04. The number of benzene rings is 1. The molecule has 1 fully saturated rings. The molecule has 1 aliphatic rings. The minimum Gasteiger partial charge on any atom is -0.368 e. The first-order valence-electron chi connectivity index (χ1n) is 10.1. The first-order chi connectivity index (χ1) is 15.1. The molecule has 31 heavy (non-hydrogen) atoms. The van der Waals surface area contributed by atoms with Crippen molar-refractivity contribution in [1.82, 2.24) is 30.2 Å². The Hall–Kier alpha value is -3.46. The van der Waals surface area contributed by atoms with Crippen LogP contribution in [0, 0.1) is 0 Å². The number of imidazole rings is 1. The van der Waals surface area contributed by atoms with Crippen molar-refractivity contribution >= 4 is 51.2 Å². The Morgan fingerprint density at radius 1 is 1.23 bits per heavy atom. The van der Waals surface area contributed by atoms with Gasteiger partial charge in [0.25, 0.3) is 0 Å². The van der Waals surface area contributed by atoms with Crippen LogP contribution in [0.2, 0.25) is 5.02 Å². The minimum atomic E-state index is -0.133. The topological polar surface area (TPSA) is 121 Å². The number of anilines is 2. The van der Waals surface area contributed by atoms with E-state index in [4.69, 9.17) is 16.6 Å². The summed E-state index contributed by atoms with van der Waals surface area (Å²) < 4.78 is 0. The molecule has 3 aromatic heterocycles. The molecule has 4 N–H and O–H groups in total. The highest BCUT2D eigenvalue weighted by Crippen LogP contribution is 2.31. The number of halogens is 1. The molecule has 5 rings (SSSR count). The molecular formula is C21H21ClN8O. The molecule has 1 aliphatic heterocycles. The summed E-state index contributed by atoms with van der Waals surface area (Å²) in [7, 11) is 0. The lowest BCUT2D eigenvalue weighted by atomic mass is 10.1. The highest BCUT2D eigenvalue weighted by Gasteiger charge is 2.22. The van der Waals surface area contributed by atoms with Crippen molar-refractivity contribution in [3.63, 3.8) is 0 Å². The number of rotatable bonds is 6. The summed E-state index contributed by atoms with van der Waals surface area (Å²) in [6.45, 7) is 2.63. The Kier molecular flexibility index (Phi) is 5.03. The predicted octanol–water partition coefficient (Wildman–Crippen LogP) is 3.42.